The molecule has 0 spiro atoms. The van der Waals surface area contributed by atoms with Crippen LogP contribution >= 0.6 is 0 Å². The highest BCUT2D eigenvalue weighted by atomic mass is 32.2. The molecule has 0 amide bonds. The molecule has 0 aliphatic heterocycles. The van der Waals surface area contributed by atoms with Gasteiger partial charge in [0.15, 0.2) is 4.90 Å². The molecular formula is C14H21N3O8S. The fourth-order valence-corrected chi connectivity index (χ4v) is 3.50. The van der Waals surface area contributed by atoms with Crippen molar-refractivity contribution in [1.82, 2.24) is 4.31 Å². The monoisotopic (exact) mass is 391 g/mol. The predicted octanol–water partition coefficient (Wildman–Crippen LogP) is -0.338. The van der Waals surface area contributed by atoms with E-state index in [0.29, 0.717) is 17.5 Å². The van der Waals surface area contributed by atoms with Crippen molar-refractivity contribution in [3.8, 4) is 0 Å². The molecule has 0 radical (unpaired) electrons. The van der Waals surface area contributed by atoms with E-state index >= 15 is 0 Å². The maximum atomic E-state index is 12.7. The van der Waals surface area contributed by atoms with Gasteiger partial charge in [-0.25, -0.2) is 8.42 Å². The first kappa shape index (κ1) is 21.9. The van der Waals surface area contributed by atoms with Crippen LogP contribution < -0.4 is 5.73 Å². The largest absolute Gasteiger partial charge is 0.480 e. The molecule has 0 aromatic heterocycles. The average Bonchev–Trinajstić information content (AvgIpc) is 2.59. The predicted molar refractivity (Wildman–Crippen MR) is 90.2 cm³/mol. The quantitative estimate of drug-likeness (QED) is 0.260. The van der Waals surface area contributed by atoms with Crippen LogP contribution in [-0.2, 0) is 24.3 Å². The number of ether oxygens (including phenoxy) is 2. The van der Waals surface area contributed by atoms with Gasteiger partial charge in [0.05, 0.1) is 31.4 Å². The van der Waals surface area contributed by atoms with Crippen molar-refractivity contribution in [3.63, 3.8) is 0 Å². The fourth-order valence-electron chi connectivity index (χ4n) is 1.97. The third-order valence-corrected chi connectivity index (χ3v) is 5.00. The smallest absolute Gasteiger partial charge is 0.318 e. The summed E-state index contributed by atoms with van der Waals surface area (Å²) in [6, 6.07) is 4.74. The maximum Gasteiger partial charge on any atom is 0.318 e. The van der Waals surface area contributed by atoms with E-state index in [4.69, 9.17) is 20.3 Å². The summed E-state index contributed by atoms with van der Waals surface area (Å²) in [4.78, 5) is 20.7. The third-order valence-electron chi connectivity index (χ3n) is 3.11. The van der Waals surface area contributed by atoms with Gasteiger partial charge in [0, 0.05) is 19.2 Å². The maximum absolute atomic E-state index is 12.7. The van der Waals surface area contributed by atoms with Gasteiger partial charge in [-0.15, -0.1) is 0 Å². The van der Waals surface area contributed by atoms with Crippen molar-refractivity contribution in [2.75, 3.05) is 46.1 Å². The van der Waals surface area contributed by atoms with Gasteiger partial charge in [-0.2, -0.15) is 4.31 Å². The molecule has 3 N–H and O–H groups in total. The van der Waals surface area contributed by atoms with Crippen molar-refractivity contribution >= 4 is 21.7 Å². The molecule has 0 bridgehead atoms. The second-order valence-electron chi connectivity index (χ2n) is 4.97. The van der Waals surface area contributed by atoms with Gasteiger partial charge in [-0.3, -0.25) is 14.9 Å². The lowest BCUT2D eigenvalue weighted by atomic mass is 10.3. The van der Waals surface area contributed by atoms with E-state index in [1.165, 1.54) is 12.1 Å². The molecule has 1 rings (SSSR count). The summed E-state index contributed by atoms with van der Waals surface area (Å²) in [7, 11) is -4.39. The summed E-state index contributed by atoms with van der Waals surface area (Å²) < 4.78 is 36.2. The lowest BCUT2D eigenvalue weighted by molar-refractivity contribution is -0.387. The highest BCUT2D eigenvalue weighted by Crippen LogP contribution is 2.26. The second kappa shape index (κ2) is 10.8. The molecule has 0 aliphatic rings. The number of hydrogen-bond donors (Lipinski definition) is 2. The van der Waals surface area contributed by atoms with Crippen molar-refractivity contribution in [2.24, 2.45) is 5.73 Å². The highest BCUT2D eigenvalue weighted by molar-refractivity contribution is 7.89. The SMILES string of the molecule is NCCOCCOCCN(CC(=O)O)S(=O)(=O)c1ccccc1[N+](=O)[O-]. The Kier molecular flexibility index (Phi) is 9.09. The number of carboxylic acids is 1. The number of nitro benzene ring substituents is 1. The number of nitrogens with zero attached hydrogens (tertiary/aromatic N) is 2. The Morgan fingerprint density at radius 3 is 2.38 bits per heavy atom. The number of carboxylic acid groups (broad SMARTS) is 1. The molecule has 11 nitrogen and oxygen atoms in total. The Morgan fingerprint density at radius 2 is 1.81 bits per heavy atom. The molecule has 0 heterocycles. The van der Waals surface area contributed by atoms with Gasteiger partial charge < -0.3 is 20.3 Å². The normalized spacial score (nSPS) is 11.6. The van der Waals surface area contributed by atoms with E-state index in [1.807, 2.05) is 0 Å². The van der Waals surface area contributed by atoms with Crippen LogP contribution in [0.5, 0.6) is 0 Å². The van der Waals surface area contributed by atoms with Crippen molar-refractivity contribution in [1.29, 1.82) is 0 Å². The number of nitro groups is 1. The van der Waals surface area contributed by atoms with E-state index in [2.05, 4.69) is 0 Å². The molecule has 1 aromatic rings. The summed E-state index contributed by atoms with van der Waals surface area (Å²) >= 11 is 0. The van der Waals surface area contributed by atoms with Crippen molar-refractivity contribution < 1.29 is 32.7 Å². The number of rotatable bonds is 13. The summed E-state index contributed by atoms with van der Waals surface area (Å²) in [5, 5.41) is 20.0. The van der Waals surface area contributed by atoms with Gasteiger partial charge in [0.1, 0.15) is 6.54 Å². The first-order valence-electron chi connectivity index (χ1n) is 7.61. The van der Waals surface area contributed by atoms with Gasteiger partial charge in [-0.05, 0) is 6.07 Å². The number of sulfonamides is 1. The highest BCUT2D eigenvalue weighted by Gasteiger charge is 2.32. The summed E-state index contributed by atoms with van der Waals surface area (Å²) in [5.74, 6) is -1.39. The minimum absolute atomic E-state index is 0.0981. The topological polar surface area (TPSA) is 162 Å². The van der Waals surface area contributed by atoms with Crippen LogP contribution in [0.15, 0.2) is 29.2 Å². The molecule has 26 heavy (non-hydrogen) atoms. The van der Waals surface area contributed by atoms with Gasteiger partial charge in [-0.1, -0.05) is 12.1 Å². The molecule has 0 fully saturated rings. The van der Waals surface area contributed by atoms with Crippen LogP contribution in [-0.4, -0.2) is 74.8 Å². The molecule has 12 heteroatoms. The lowest BCUT2D eigenvalue weighted by Gasteiger charge is -2.20. The van der Waals surface area contributed by atoms with Crippen LogP contribution in [0, 0.1) is 10.1 Å². The van der Waals surface area contributed by atoms with Gasteiger partial charge in [0.2, 0.25) is 0 Å². The number of carbonyl (C=O) groups is 1. The van der Waals surface area contributed by atoms with E-state index < -0.39 is 38.0 Å². The minimum atomic E-state index is -4.39. The zero-order valence-electron chi connectivity index (χ0n) is 13.9. The Balaban J connectivity index is 2.84. The third kappa shape index (κ3) is 6.65. The number of nitrogens with two attached hydrogens (primary N) is 1. The molecule has 0 saturated heterocycles. The van der Waals surface area contributed by atoms with Crippen LogP contribution in [0.25, 0.3) is 0 Å². The second-order valence-corrected chi connectivity index (χ2v) is 6.88. The summed E-state index contributed by atoms with van der Waals surface area (Å²) in [5.41, 5.74) is 4.62. The summed E-state index contributed by atoms with van der Waals surface area (Å²) in [6.07, 6.45) is 0. The lowest BCUT2D eigenvalue weighted by Crippen LogP contribution is -2.38. The van der Waals surface area contributed by atoms with E-state index in [-0.39, 0.29) is 26.4 Å². The standard InChI is InChI=1S/C14H21N3O8S/c15-5-7-24-9-10-25-8-6-16(11-14(18)19)26(22,23)13-4-2-1-3-12(13)17(20)21/h1-4H,5-11,15H2,(H,18,19). The molecule has 0 unspecified atom stereocenters. The molecule has 0 atom stereocenters. The Labute approximate surface area is 150 Å². The summed E-state index contributed by atoms with van der Waals surface area (Å²) in [6.45, 7) is -0.0708. The molecule has 1 aromatic carbocycles. The average molecular weight is 391 g/mol. The van der Waals surface area contributed by atoms with E-state index in [1.54, 1.807) is 0 Å². The Hall–Kier alpha value is -2.12. The van der Waals surface area contributed by atoms with Crippen molar-refractivity contribution in [3.05, 3.63) is 34.4 Å². The number of benzene rings is 1. The van der Waals surface area contributed by atoms with Crippen LogP contribution in [0.4, 0.5) is 5.69 Å². The zero-order valence-corrected chi connectivity index (χ0v) is 14.8. The fraction of sp³-hybridized carbons (Fsp3) is 0.500. The zero-order chi connectivity index (χ0) is 19.6. The van der Waals surface area contributed by atoms with Gasteiger partial charge in [0.25, 0.3) is 15.7 Å². The molecular weight excluding hydrogens is 370 g/mol. The first-order chi connectivity index (χ1) is 12.3. The molecule has 146 valence electrons. The van der Waals surface area contributed by atoms with Gasteiger partial charge >= 0.3 is 5.97 Å². The molecule has 0 aliphatic carbocycles. The number of aliphatic carboxylic acids is 1. The number of para-hydroxylation sites is 1. The van der Waals surface area contributed by atoms with E-state index in [0.717, 1.165) is 12.1 Å². The minimum Gasteiger partial charge on any atom is -0.480 e. The van der Waals surface area contributed by atoms with Crippen LogP contribution in [0.2, 0.25) is 0 Å². The van der Waals surface area contributed by atoms with Crippen LogP contribution in [0.1, 0.15) is 0 Å². The first-order valence-corrected chi connectivity index (χ1v) is 9.05. The molecule has 0 saturated carbocycles. The van der Waals surface area contributed by atoms with Crippen LogP contribution in [0.3, 0.4) is 0 Å². The number of hydrogen-bond acceptors (Lipinski definition) is 8. The van der Waals surface area contributed by atoms with E-state index in [9.17, 15) is 23.3 Å². The Morgan fingerprint density at radius 1 is 1.19 bits per heavy atom. The van der Waals surface area contributed by atoms with Crippen molar-refractivity contribution in [2.45, 2.75) is 4.90 Å². The Bertz CT molecular complexity index is 710.